The molecule has 2 heterocycles. The Bertz CT molecular complexity index is 745. The van der Waals surface area contributed by atoms with Gasteiger partial charge in [0.05, 0.1) is 11.5 Å². The highest BCUT2D eigenvalue weighted by Crippen LogP contribution is 2.55. The number of hydrogen-bond donors (Lipinski definition) is 3. The van der Waals surface area contributed by atoms with Gasteiger partial charge < -0.3 is 25.2 Å². The number of aliphatic hydroxyl groups is 1. The van der Waals surface area contributed by atoms with E-state index in [1.54, 1.807) is 6.07 Å². The zero-order valence-electron chi connectivity index (χ0n) is 14.5. The number of ether oxygens (including phenoxy) is 1. The van der Waals surface area contributed by atoms with Crippen molar-refractivity contribution in [1.82, 2.24) is 10.2 Å². The number of carbonyl (C=O) groups excluding carboxylic acids is 1. The molecule has 134 valence electrons. The smallest absolute Gasteiger partial charge is 0.317 e. The van der Waals surface area contributed by atoms with E-state index in [1.807, 2.05) is 37.0 Å². The monoisotopic (exact) mass is 344 g/mol. The molecule has 0 fully saturated rings. The highest BCUT2D eigenvalue weighted by Gasteiger charge is 2.53. The first-order valence-corrected chi connectivity index (χ1v) is 8.85. The fourth-order valence-electron chi connectivity index (χ4n) is 4.30. The number of phenols is 1. The predicted octanol–water partition coefficient (Wildman–Crippen LogP) is 2.04. The first-order valence-electron chi connectivity index (χ1n) is 8.85. The van der Waals surface area contributed by atoms with Crippen LogP contribution in [0.1, 0.15) is 37.8 Å². The van der Waals surface area contributed by atoms with Gasteiger partial charge in [-0.1, -0.05) is 18.2 Å². The van der Waals surface area contributed by atoms with Crippen molar-refractivity contribution in [3.63, 3.8) is 0 Å². The summed E-state index contributed by atoms with van der Waals surface area (Å²) in [5.74, 6) is 0.628. The lowest BCUT2D eigenvalue weighted by atomic mass is 9.69. The lowest BCUT2D eigenvalue weighted by Crippen LogP contribution is -2.45. The lowest BCUT2D eigenvalue weighted by Gasteiger charge is -2.35. The summed E-state index contributed by atoms with van der Waals surface area (Å²) in [6.45, 7) is 4.96. The molecule has 3 N–H and O–H groups in total. The average Bonchev–Trinajstić information content (AvgIpc) is 2.78. The number of aliphatic hydroxyl groups excluding tert-OH is 1. The molecule has 0 unspecified atom stereocenters. The minimum atomic E-state index is -0.542. The van der Waals surface area contributed by atoms with E-state index >= 15 is 0 Å². The van der Waals surface area contributed by atoms with Gasteiger partial charge in [0.15, 0.2) is 11.5 Å². The molecule has 2 aliphatic heterocycles. The number of benzene rings is 1. The van der Waals surface area contributed by atoms with E-state index in [0.29, 0.717) is 31.7 Å². The summed E-state index contributed by atoms with van der Waals surface area (Å²) in [6, 6.07) is 3.50. The van der Waals surface area contributed by atoms with Crippen molar-refractivity contribution in [1.29, 1.82) is 0 Å². The van der Waals surface area contributed by atoms with Gasteiger partial charge in [-0.15, -0.1) is 0 Å². The second-order valence-electron chi connectivity index (χ2n) is 7.53. The summed E-state index contributed by atoms with van der Waals surface area (Å²) >= 11 is 0. The van der Waals surface area contributed by atoms with E-state index in [-0.39, 0.29) is 23.9 Å². The Labute approximate surface area is 147 Å². The van der Waals surface area contributed by atoms with E-state index in [2.05, 4.69) is 5.32 Å². The standard InChI is InChI=1S/C19H24N2O4/c1-11(2)20-18(24)21-8-7-19-6-5-13(22)9-15(19)25-17-14(23)4-3-12(10-21)16(17)19/h3-6,11,13,15,22-23H,7-10H2,1-2H3,(H,20,24)/t13-,15-,19-/m0/s1. The highest BCUT2D eigenvalue weighted by atomic mass is 16.5. The van der Waals surface area contributed by atoms with Crippen molar-refractivity contribution in [2.45, 2.75) is 56.9 Å². The first kappa shape index (κ1) is 16.3. The van der Waals surface area contributed by atoms with Gasteiger partial charge in [-0.3, -0.25) is 0 Å². The number of phenolic OH excluding ortho intramolecular Hbond substituents is 1. The van der Waals surface area contributed by atoms with Crippen LogP contribution in [0, 0.1) is 0 Å². The van der Waals surface area contributed by atoms with Crippen molar-refractivity contribution in [2.24, 2.45) is 0 Å². The molecule has 0 saturated carbocycles. The van der Waals surface area contributed by atoms with Crippen LogP contribution in [0.4, 0.5) is 4.79 Å². The second kappa shape index (κ2) is 5.66. The van der Waals surface area contributed by atoms with E-state index in [4.69, 9.17) is 4.74 Å². The molecule has 3 atom stereocenters. The molecule has 0 aromatic heterocycles. The highest BCUT2D eigenvalue weighted by molar-refractivity contribution is 5.75. The molecule has 0 bridgehead atoms. The maximum absolute atomic E-state index is 12.5. The van der Waals surface area contributed by atoms with Gasteiger partial charge in [-0.2, -0.15) is 0 Å². The van der Waals surface area contributed by atoms with E-state index in [1.165, 1.54) is 0 Å². The zero-order chi connectivity index (χ0) is 17.8. The van der Waals surface area contributed by atoms with Crippen molar-refractivity contribution < 1.29 is 19.7 Å². The van der Waals surface area contributed by atoms with Crippen LogP contribution < -0.4 is 10.1 Å². The first-order chi connectivity index (χ1) is 11.9. The summed E-state index contributed by atoms with van der Waals surface area (Å²) in [7, 11) is 0. The quantitative estimate of drug-likeness (QED) is 0.681. The van der Waals surface area contributed by atoms with Crippen molar-refractivity contribution in [2.75, 3.05) is 6.54 Å². The van der Waals surface area contributed by atoms with E-state index < -0.39 is 11.5 Å². The van der Waals surface area contributed by atoms with Crippen molar-refractivity contribution in [3.05, 3.63) is 35.4 Å². The molecule has 0 radical (unpaired) electrons. The third-order valence-corrected chi connectivity index (χ3v) is 5.45. The van der Waals surface area contributed by atoms with Gasteiger partial charge in [0.25, 0.3) is 0 Å². The Morgan fingerprint density at radius 2 is 2.24 bits per heavy atom. The molecule has 2 amide bonds. The molecule has 25 heavy (non-hydrogen) atoms. The van der Waals surface area contributed by atoms with Crippen LogP contribution in [0.15, 0.2) is 24.3 Å². The van der Waals surface area contributed by atoms with Crippen molar-refractivity contribution >= 4 is 6.03 Å². The summed E-state index contributed by atoms with van der Waals surface area (Å²) in [5, 5.41) is 23.2. The SMILES string of the molecule is CC(C)NC(=O)N1CC[C@@]23C=C[C@H](O)C[C@@H]2Oc2c(O)ccc(c23)C1. The Balaban J connectivity index is 1.78. The summed E-state index contributed by atoms with van der Waals surface area (Å²) in [5.41, 5.74) is 1.57. The maximum Gasteiger partial charge on any atom is 0.317 e. The molecule has 4 rings (SSSR count). The molecule has 0 saturated heterocycles. The number of nitrogens with one attached hydrogen (secondary N) is 1. The fraction of sp³-hybridized carbons (Fsp3) is 0.526. The number of carbonyl (C=O) groups is 1. The molecule has 1 aliphatic carbocycles. The molecule has 1 aromatic rings. The van der Waals surface area contributed by atoms with Crippen LogP contribution in [0.3, 0.4) is 0 Å². The molecule has 6 nitrogen and oxygen atoms in total. The van der Waals surface area contributed by atoms with Crippen LogP contribution in [-0.4, -0.2) is 45.9 Å². The second-order valence-corrected chi connectivity index (χ2v) is 7.53. The summed E-state index contributed by atoms with van der Waals surface area (Å²) in [4.78, 5) is 14.3. The Morgan fingerprint density at radius 3 is 3.00 bits per heavy atom. The minimum absolute atomic E-state index is 0.0771. The van der Waals surface area contributed by atoms with Gasteiger partial charge >= 0.3 is 6.03 Å². The third-order valence-electron chi connectivity index (χ3n) is 5.45. The fourth-order valence-corrected chi connectivity index (χ4v) is 4.30. The normalized spacial score (nSPS) is 29.7. The number of urea groups is 1. The summed E-state index contributed by atoms with van der Waals surface area (Å²) in [6.07, 6.45) is 4.26. The third kappa shape index (κ3) is 2.47. The molecule has 6 heteroatoms. The Morgan fingerprint density at radius 1 is 1.44 bits per heavy atom. The van der Waals surface area contributed by atoms with Gasteiger partial charge in [0, 0.05) is 31.1 Å². The van der Waals surface area contributed by atoms with Crippen LogP contribution in [0.2, 0.25) is 0 Å². The Kier molecular flexibility index (Phi) is 3.68. The summed E-state index contributed by atoms with van der Waals surface area (Å²) < 4.78 is 6.06. The minimum Gasteiger partial charge on any atom is -0.504 e. The number of nitrogens with zero attached hydrogens (tertiary/aromatic N) is 1. The predicted molar refractivity (Wildman–Crippen MR) is 92.7 cm³/mol. The molecular formula is C19H24N2O4. The van der Waals surface area contributed by atoms with Crippen LogP contribution in [0.5, 0.6) is 11.5 Å². The molecule has 1 aromatic carbocycles. The number of hydrogen-bond acceptors (Lipinski definition) is 4. The van der Waals surface area contributed by atoms with Gasteiger partial charge in [0.2, 0.25) is 0 Å². The van der Waals surface area contributed by atoms with Crippen LogP contribution in [-0.2, 0) is 12.0 Å². The van der Waals surface area contributed by atoms with Crippen LogP contribution >= 0.6 is 0 Å². The van der Waals surface area contributed by atoms with Crippen molar-refractivity contribution in [3.8, 4) is 11.5 Å². The maximum atomic E-state index is 12.5. The largest absolute Gasteiger partial charge is 0.504 e. The molecule has 1 spiro atoms. The number of aromatic hydroxyl groups is 1. The van der Waals surface area contributed by atoms with Gasteiger partial charge in [0.1, 0.15) is 6.10 Å². The molecular weight excluding hydrogens is 320 g/mol. The zero-order valence-corrected chi connectivity index (χ0v) is 14.5. The van der Waals surface area contributed by atoms with Gasteiger partial charge in [-0.25, -0.2) is 4.79 Å². The molecule has 3 aliphatic rings. The lowest BCUT2D eigenvalue weighted by molar-refractivity contribution is 0.0821. The van der Waals surface area contributed by atoms with E-state index in [0.717, 1.165) is 11.1 Å². The number of amides is 2. The van der Waals surface area contributed by atoms with E-state index in [9.17, 15) is 15.0 Å². The van der Waals surface area contributed by atoms with Gasteiger partial charge in [-0.05, 0) is 31.9 Å². The Hall–Kier alpha value is -2.21. The van der Waals surface area contributed by atoms with Crippen LogP contribution in [0.25, 0.3) is 0 Å². The average molecular weight is 344 g/mol. The number of rotatable bonds is 1. The topological polar surface area (TPSA) is 82.0 Å².